The molecule has 18 heavy (non-hydrogen) atoms. The van der Waals surface area contributed by atoms with Crippen LogP contribution >= 0.6 is 23.4 Å². The zero-order valence-electron chi connectivity index (χ0n) is 10.7. The Kier molecular flexibility index (Phi) is 7.12. The zero-order valence-corrected chi connectivity index (χ0v) is 12.3. The molecule has 0 N–H and O–H groups in total. The van der Waals surface area contributed by atoms with Gasteiger partial charge >= 0.3 is 5.97 Å². The number of carbonyl (C=O) groups is 1. The number of aromatic nitrogens is 3. The van der Waals surface area contributed by atoms with Gasteiger partial charge in [-0.2, -0.15) is 11.8 Å². The minimum atomic E-state index is -0.456. The molecule has 0 radical (unpaired) electrons. The van der Waals surface area contributed by atoms with E-state index >= 15 is 0 Å². The first-order valence-corrected chi connectivity index (χ1v) is 7.66. The molecule has 0 bridgehead atoms. The lowest BCUT2D eigenvalue weighted by Crippen LogP contribution is -2.10. The number of rotatable bonds is 8. The van der Waals surface area contributed by atoms with E-state index in [1.54, 1.807) is 11.6 Å². The summed E-state index contributed by atoms with van der Waals surface area (Å²) in [5, 5.41) is 7.81. The molecule has 5 nitrogen and oxygen atoms in total. The van der Waals surface area contributed by atoms with E-state index in [2.05, 4.69) is 17.2 Å². The quantitative estimate of drug-likeness (QED) is 0.418. The first-order valence-electron chi connectivity index (χ1n) is 5.97. The molecule has 0 unspecified atom stereocenters. The predicted molar refractivity (Wildman–Crippen MR) is 73.2 cm³/mol. The first-order chi connectivity index (χ1) is 8.74. The molecule has 7 heteroatoms. The molecular weight excluding hydrogens is 274 g/mol. The number of hydrogen-bond donors (Lipinski definition) is 0. The summed E-state index contributed by atoms with van der Waals surface area (Å²) in [5.41, 5.74) is 0.867. The van der Waals surface area contributed by atoms with E-state index < -0.39 is 5.97 Å². The van der Waals surface area contributed by atoms with Gasteiger partial charge in [0.25, 0.3) is 0 Å². The van der Waals surface area contributed by atoms with Crippen molar-refractivity contribution < 1.29 is 9.53 Å². The highest BCUT2D eigenvalue weighted by Crippen LogP contribution is 2.12. The molecule has 1 rings (SSSR count). The van der Waals surface area contributed by atoms with Gasteiger partial charge in [0.05, 0.1) is 18.2 Å². The van der Waals surface area contributed by atoms with Crippen molar-refractivity contribution in [3.05, 3.63) is 11.4 Å². The summed E-state index contributed by atoms with van der Waals surface area (Å²) in [7, 11) is 0. The lowest BCUT2D eigenvalue weighted by Gasteiger charge is -2.04. The molecule has 1 aromatic heterocycles. The summed E-state index contributed by atoms with van der Waals surface area (Å²) >= 11 is 7.72. The predicted octanol–water partition coefficient (Wildman–Crippen LogP) is 2.34. The van der Waals surface area contributed by atoms with E-state index in [1.807, 2.05) is 11.8 Å². The normalized spacial score (nSPS) is 10.6. The third-order valence-electron chi connectivity index (χ3n) is 2.30. The standard InChI is InChI=1S/C11H18ClN3O2S/c1-3-17-11(16)10-9(8-12)15(14-13-10)6-5-7-18-4-2/h3-8H2,1-2H3. The van der Waals surface area contributed by atoms with Crippen LogP contribution < -0.4 is 0 Å². The average molecular weight is 292 g/mol. The third-order valence-corrected chi connectivity index (χ3v) is 3.53. The topological polar surface area (TPSA) is 57.0 Å². The molecule has 0 aromatic carbocycles. The third kappa shape index (κ3) is 4.17. The number of hydrogen-bond acceptors (Lipinski definition) is 5. The molecule has 1 heterocycles. The number of thioether (sulfide) groups is 1. The van der Waals surface area contributed by atoms with Crippen LogP contribution in [0.2, 0.25) is 0 Å². The Morgan fingerprint density at radius 3 is 2.89 bits per heavy atom. The Morgan fingerprint density at radius 1 is 1.50 bits per heavy atom. The summed E-state index contributed by atoms with van der Waals surface area (Å²) in [5.74, 6) is 1.92. The number of aryl methyl sites for hydroxylation is 1. The van der Waals surface area contributed by atoms with Crippen molar-refractivity contribution in [1.82, 2.24) is 15.0 Å². The molecule has 0 amide bonds. The maximum absolute atomic E-state index is 11.6. The van der Waals surface area contributed by atoms with Gasteiger partial charge in [-0.1, -0.05) is 12.1 Å². The molecule has 102 valence electrons. The van der Waals surface area contributed by atoms with Crippen LogP contribution in [0, 0.1) is 0 Å². The van der Waals surface area contributed by atoms with Crippen LogP contribution in [0.25, 0.3) is 0 Å². The Balaban J connectivity index is 2.66. The molecule has 0 spiro atoms. The fraction of sp³-hybridized carbons (Fsp3) is 0.727. The summed E-state index contributed by atoms with van der Waals surface area (Å²) < 4.78 is 6.60. The van der Waals surface area contributed by atoms with Crippen molar-refractivity contribution in [2.75, 3.05) is 18.1 Å². The highest BCUT2D eigenvalue weighted by atomic mass is 35.5. The van der Waals surface area contributed by atoms with E-state index in [0.29, 0.717) is 12.3 Å². The van der Waals surface area contributed by atoms with Crippen molar-refractivity contribution in [1.29, 1.82) is 0 Å². The monoisotopic (exact) mass is 291 g/mol. The summed E-state index contributed by atoms with van der Waals surface area (Å²) in [6, 6.07) is 0. The average Bonchev–Trinajstić information content (AvgIpc) is 2.78. The highest BCUT2D eigenvalue weighted by molar-refractivity contribution is 7.99. The zero-order chi connectivity index (χ0) is 13.4. The Bertz CT molecular complexity index is 384. The second kappa shape index (κ2) is 8.37. The largest absolute Gasteiger partial charge is 0.461 e. The molecule has 0 aliphatic carbocycles. The van der Waals surface area contributed by atoms with Gasteiger partial charge in [0, 0.05) is 6.54 Å². The molecule has 0 aliphatic heterocycles. The summed E-state index contributed by atoms with van der Waals surface area (Å²) in [6.07, 6.45) is 0.980. The maximum Gasteiger partial charge on any atom is 0.360 e. The minimum Gasteiger partial charge on any atom is -0.461 e. The molecule has 0 saturated heterocycles. The van der Waals surface area contributed by atoms with E-state index in [-0.39, 0.29) is 11.6 Å². The van der Waals surface area contributed by atoms with E-state index in [9.17, 15) is 4.79 Å². The van der Waals surface area contributed by atoms with Crippen molar-refractivity contribution in [2.45, 2.75) is 32.7 Å². The molecular formula is C11H18ClN3O2S. The molecule has 0 aliphatic rings. The van der Waals surface area contributed by atoms with Crippen LogP contribution in [-0.2, 0) is 17.2 Å². The van der Waals surface area contributed by atoms with Crippen molar-refractivity contribution in [3.8, 4) is 0 Å². The first kappa shape index (κ1) is 15.3. The van der Waals surface area contributed by atoms with Gasteiger partial charge in [-0.15, -0.1) is 16.7 Å². The van der Waals surface area contributed by atoms with Crippen molar-refractivity contribution in [3.63, 3.8) is 0 Å². The second-order valence-corrected chi connectivity index (χ2v) is 5.17. The SMILES string of the molecule is CCOC(=O)c1nnn(CCCSCC)c1CCl. The Hall–Kier alpha value is -0.750. The fourth-order valence-corrected chi connectivity index (χ4v) is 2.35. The van der Waals surface area contributed by atoms with Crippen molar-refractivity contribution in [2.24, 2.45) is 0 Å². The smallest absolute Gasteiger partial charge is 0.360 e. The van der Waals surface area contributed by atoms with E-state index in [0.717, 1.165) is 24.5 Å². The number of alkyl halides is 1. The van der Waals surface area contributed by atoms with Gasteiger partial charge in [-0.05, 0) is 24.9 Å². The van der Waals surface area contributed by atoms with Crippen LogP contribution in [-0.4, -0.2) is 39.1 Å². The molecule has 0 fully saturated rings. The Labute approximate surface area is 116 Å². The number of esters is 1. The van der Waals surface area contributed by atoms with Crippen LogP contribution in [0.1, 0.15) is 36.5 Å². The minimum absolute atomic E-state index is 0.210. The summed E-state index contributed by atoms with van der Waals surface area (Å²) in [6.45, 7) is 4.93. The van der Waals surface area contributed by atoms with E-state index in [4.69, 9.17) is 16.3 Å². The van der Waals surface area contributed by atoms with Crippen molar-refractivity contribution >= 4 is 29.3 Å². The summed E-state index contributed by atoms with van der Waals surface area (Å²) in [4.78, 5) is 11.6. The Morgan fingerprint density at radius 2 is 2.28 bits per heavy atom. The number of nitrogens with zero attached hydrogens (tertiary/aromatic N) is 3. The number of halogens is 1. The number of carbonyl (C=O) groups excluding carboxylic acids is 1. The van der Waals surface area contributed by atoms with Crippen LogP contribution in [0.4, 0.5) is 0 Å². The van der Waals surface area contributed by atoms with Crippen LogP contribution in [0.15, 0.2) is 0 Å². The molecule has 1 aromatic rings. The van der Waals surface area contributed by atoms with Gasteiger partial charge in [-0.3, -0.25) is 0 Å². The van der Waals surface area contributed by atoms with E-state index in [1.165, 1.54) is 0 Å². The van der Waals surface area contributed by atoms with Gasteiger partial charge in [0.15, 0.2) is 5.69 Å². The lowest BCUT2D eigenvalue weighted by atomic mass is 10.3. The lowest BCUT2D eigenvalue weighted by molar-refractivity contribution is 0.0518. The van der Waals surface area contributed by atoms with Gasteiger partial charge in [0.2, 0.25) is 0 Å². The molecule has 0 saturated carbocycles. The maximum atomic E-state index is 11.6. The second-order valence-electron chi connectivity index (χ2n) is 3.51. The van der Waals surface area contributed by atoms with Gasteiger partial charge in [-0.25, -0.2) is 9.48 Å². The molecule has 0 atom stereocenters. The highest BCUT2D eigenvalue weighted by Gasteiger charge is 2.19. The van der Waals surface area contributed by atoms with Crippen LogP contribution in [0.3, 0.4) is 0 Å². The van der Waals surface area contributed by atoms with Gasteiger partial charge in [0.1, 0.15) is 0 Å². The number of ether oxygens (including phenoxy) is 1. The van der Waals surface area contributed by atoms with Gasteiger partial charge < -0.3 is 4.74 Å². The van der Waals surface area contributed by atoms with Crippen LogP contribution in [0.5, 0.6) is 0 Å². The fourth-order valence-electron chi connectivity index (χ4n) is 1.46.